The molecule has 1 amide bonds. The molecule has 0 heterocycles. The van der Waals surface area contributed by atoms with Gasteiger partial charge in [-0.1, -0.05) is 29.8 Å². The molecule has 15 heavy (non-hydrogen) atoms. The van der Waals surface area contributed by atoms with Crippen LogP contribution in [0.3, 0.4) is 0 Å². The summed E-state index contributed by atoms with van der Waals surface area (Å²) in [6, 6.07) is 6.98. The molecule has 1 N–H and O–H groups in total. The van der Waals surface area contributed by atoms with Gasteiger partial charge in [0.1, 0.15) is 0 Å². The average Bonchev–Trinajstić information content (AvgIpc) is 2.18. The Bertz CT molecular complexity index is 335. The summed E-state index contributed by atoms with van der Waals surface area (Å²) in [4.78, 5) is 10.7. The zero-order valence-electron chi connectivity index (χ0n) is 8.63. The molecule has 82 valence electrons. The first-order chi connectivity index (χ1) is 7.00. The molecule has 0 spiro atoms. The van der Waals surface area contributed by atoms with Gasteiger partial charge < -0.3 is 5.32 Å². The molecule has 0 aliphatic rings. The minimum Gasteiger partial charge on any atom is -0.345 e. The predicted octanol–water partition coefficient (Wildman–Crippen LogP) is 2.44. The second-order valence-corrected chi connectivity index (χ2v) is 3.44. The van der Waals surface area contributed by atoms with E-state index in [0.717, 1.165) is 11.1 Å². The maximum absolute atomic E-state index is 12.0. The Morgan fingerprint density at radius 2 is 1.80 bits per heavy atom. The highest BCUT2D eigenvalue weighted by molar-refractivity contribution is 5.79. The summed E-state index contributed by atoms with van der Waals surface area (Å²) in [5, 5.41) is 2.23. The Labute approximate surface area is 87.3 Å². The van der Waals surface area contributed by atoms with Crippen molar-refractivity contribution < 1.29 is 13.6 Å². The van der Waals surface area contributed by atoms with E-state index in [9.17, 15) is 13.6 Å². The van der Waals surface area contributed by atoms with Crippen LogP contribution < -0.4 is 5.32 Å². The second-order valence-electron chi connectivity index (χ2n) is 3.44. The largest absolute Gasteiger partial charge is 0.345 e. The van der Waals surface area contributed by atoms with E-state index in [1.807, 2.05) is 31.2 Å². The molecule has 0 bridgehead atoms. The number of hydrogen-bond acceptors (Lipinski definition) is 1. The van der Waals surface area contributed by atoms with Crippen molar-refractivity contribution in [3.8, 4) is 0 Å². The fraction of sp³-hybridized carbons (Fsp3) is 0.364. The molecule has 0 aromatic heterocycles. The van der Waals surface area contributed by atoms with Gasteiger partial charge in [-0.2, -0.15) is 8.78 Å². The molecule has 0 aliphatic carbocycles. The van der Waals surface area contributed by atoms with Gasteiger partial charge in [0.25, 0.3) is 5.91 Å². The quantitative estimate of drug-likeness (QED) is 0.820. The number of halogens is 2. The molecule has 0 saturated carbocycles. The normalized spacial score (nSPS) is 12.6. The minimum atomic E-state index is -2.96. The average molecular weight is 213 g/mol. The molecule has 0 aliphatic heterocycles. The molecule has 1 aromatic rings. The van der Waals surface area contributed by atoms with Crippen LogP contribution in [0.1, 0.15) is 24.1 Å². The van der Waals surface area contributed by atoms with Crippen molar-refractivity contribution in [2.45, 2.75) is 26.3 Å². The first kappa shape index (κ1) is 11.6. The van der Waals surface area contributed by atoms with Crippen molar-refractivity contribution in [3.63, 3.8) is 0 Å². The lowest BCUT2D eigenvalue weighted by Crippen LogP contribution is -2.31. The standard InChI is InChI=1S/C11H13F2NO/c1-7-3-5-9(6-4-7)8(2)14-11(15)10(12)13/h3-6,8,10H,1-2H3,(H,14,15)/t8-/m0/s1. The van der Waals surface area contributed by atoms with Gasteiger partial charge >= 0.3 is 6.43 Å². The fourth-order valence-electron chi connectivity index (χ4n) is 1.21. The number of aryl methyl sites for hydroxylation is 1. The summed E-state index contributed by atoms with van der Waals surface area (Å²) in [5.41, 5.74) is 1.90. The molecule has 0 unspecified atom stereocenters. The first-order valence-electron chi connectivity index (χ1n) is 4.66. The van der Waals surface area contributed by atoms with Crippen molar-refractivity contribution in [2.24, 2.45) is 0 Å². The van der Waals surface area contributed by atoms with E-state index in [-0.39, 0.29) is 0 Å². The van der Waals surface area contributed by atoms with E-state index in [1.54, 1.807) is 6.92 Å². The molecule has 1 rings (SSSR count). The van der Waals surface area contributed by atoms with Crippen LogP contribution in [0.5, 0.6) is 0 Å². The zero-order valence-corrected chi connectivity index (χ0v) is 8.63. The van der Waals surface area contributed by atoms with Crippen molar-refractivity contribution in [2.75, 3.05) is 0 Å². The van der Waals surface area contributed by atoms with Gasteiger partial charge in [-0.25, -0.2) is 0 Å². The maximum Gasteiger partial charge on any atom is 0.315 e. The number of alkyl halides is 2. The number of nitrogens with one attached hydrogen (secondary N) is 1. The summed E-state index contributed by atoms with van der Waals surface area (Å²) < 4.78 is 23.9. The second kappa shape index (κ2) is 4.87. The molecule has 0 fully saturated rings. The van der Waals surface area contributed by atoms with Crippen molar-refractivity contribution in [1.82, 2.24) is 5.32 Å². The van der Waals surface area contributed by atoms with E-state index < -0.39 is 18.4 Å². The van der Waals surface area contributed by atoms with Crippen LogP contribution in [0.4, 0.5) is 8.78 Å². The Kier molecular flexibility index (Phi) is 3.77. The van der Waals surface area contributed by atoms with E-state index in [2.05, 4.69) is 5.32 Å². The summed E-state index contributed by atoms with van der Waals surface area (Å²) in [5.74, 6) is -1.23. The Morgan fingerprint density at radius 1 is 1.27 bits per heavy atom. The summed E-state index contributed by atoms with van der Waals surface area (Å²) >= 11 is 0. The van der Waals surface area contributed by atoms with Crippen molar-refractivity contribution in [1.29, 1.82) is 0 Å². The molecule has 0 radical (unpaired) electrons. The van der Waals surface area contributed by atoms with Crippen LogP contribution in [0.15, 0.2) is 24.3 Å². The maximum atomic E-state index is 12.0. The number of amides is 1. The van der Waals surface area contributed by atoms with Gasteiger partial charge in [0.2, 0.25) is 0 Å². The van der Waals surface area contributed by atoms with E-state index >= 15 is 0 Å². The molecule has 2 nitrogen and oxygen atoms in total. The topological polar surface area (TPSA) is 29.1 Å². The van der Waals surface area contributed by atoms with Crippen LogP contribution >= 0.6 is 0 Å². The van der Waals surface area contributed by atoms with Crippen molar-refractivity contribution in [3.05, 3.63) is 35.4 Å². The highest BCUT2D eigenvalue weighted by Crippen LogP contribution is 2.13. The van der Waals surface area contributed by atoms with Gasteiger partial charge in [-0.3, -0.25) is 4.79 Å². The molecular weight excluding hydrogens is 200 g/mol. The summed E-state index contributed by atoms with van der Waals surface area (Å²) in [6.07, 6.45) is -2.96. The zero-order chi connectivity index (χ0) is 11.4. The van der Waals surface area contributed by atoms with Gasteiger partial charge in [0.05, 0.1) is 6.04 Å². The SMILES string of the molecule is Cc1ccc([C@H](C)NC(=O)C(F)F)cc1. The lowest BCUT2D eigenvalue weighted by Gasteiger charge is -2.13. The highest BCUT2D eigenvalue weighted by atomic mass is 19.3. The lowest BCUT2D eigenvalue weighted by molar-refractivity contribution is -0.132. The monoisotopic (exact) mass is 213 g/mol. The smallest absolute Gasteiger partial charge is 0.315 e. The number of hydrogen-bond donors (Lipinski definition) is 1. The third kappa shape index (κ3) is 3.31. The predicted molar refractivity (Wildman–Crippen MR) is 53.7 cm³/mol. The number of carbonyl (C=O) groups excluding carboxylic acids is 1. The number of benzene rings is 1. The van der Waals surface area contributed by atoms with Crippen LogP contribution in [-0.2, 0) is 4.79 Å². The summed E-state index contributed by atoms with van der Waals surface area (Å²) in [6.45, 7) is 3.61. The third-order valence-electron chi connectivity index (χ3n) is 2.13. The Balaban J connectivity index is 2.65. The Hall–Kier alpha value is -1.45. The van der Waals surface area contributed by atoms with Crippen LogP contribution in [0.25, 0.3) is 0 Å². The minimum absolute atomic E-state index is 0.396. The summed E-state index contributed by atoms with van der Waals surface area (Å²) in [7, 11) is 0. The number of rotatable bonds is 3. The van der Waals surface area contributed by atoms with Crippen LogP contribution in [0.2, 0.25) is 0 Å². The first-order valence-corrected chi connectivity index (χ1v) is 4.66. The van der Waals surface area contributed by atoms with Gasteiger partial charge in [-0.05, 0) is 19.4 Å². The van der Waals surface area contributed by atoms with Crippen LogP contribution in [0, 0.1) is 6.92 Å². The molecule has 4 heteroatoms. The highest BCUT2D eigenvalue weighted by Gasteiger charge is 2.17. The van der Waals surface area contributed by atoms with E-state index in [1.165, 1.54) is 0 Å². The van der Waals surface area contributed by atoms with Gasteiger partial charge in [0, 0.05) is 0 Å². The van der Waals surface area contributed by atoms with E-state index in [4.69, 9.17) is 0 Å². The molecule has 1 atom stereocenters. The molecular formula is C11H13F2NO. The Morgan fingerprint density at radius 3 is 2.27 bits per heavy atom. The van der Waals surface area contributed by atoms with Crippen molar-refractivity contribution >= 4 is 5.91 Å². The third-order valence-corrected chi connectivity index (χ3v) is 2.13. The van der Waals surface area contributed by atoms with Gasteiger partial charge in [0.15, 0.2) is 0 Å². The number of carbonyl (C=O) groups is 1. The van der Waals surface area contributed by atoms with Crippen LogP contribution in [-0.4, -0.2) is 12.3 Å². The molecule has 1 aromatic carbocycles. The van der Waals surface area contributed by atoms with E-state index in [0.29, 0.717) is 0 Å². The molecule has 0 saturated heterocycles. The van der Waals surface area contributed by atoms with Gasteiger partial charge in [-0.15, -0.1) is 0 Å². The fourth-order valence-corrected chi connectivity index (χ4v) is 1.21. The lowest BCUT2D eigenvalue weighted by atomic mass is 10.1.